The summed E-state index contributed by atoms with van der Waals surface area (Å²) in [5.41, 5.74) is -2.37. The monoisotopic (exact) mass is 258 g/mol. The van der Waals surface area contributed by atoms with Gasteiger partial charge in [-0.1, -0.05) is 0 Å². The van der Waals surface area contributed by atoms with Gasteiger partial charge in [0.05, 0.1) is 0 Å². The van der Waals surface area contributed by atoms with Gasteiger partial charge in [0.25, 0.3) is 5.56 Å². The van der Waals surface area contributed by atoms with Crippen LogP contribution in [0.15, 0.2) is 23.4 Å². The highest BCUT2D eigenvalue weighted by atomic mass is 19.4. The maximum Gasteiger partial charge on any atom is 0.433 e. The third-order valence-electron chi connectivity index (χ3n) is 1.85. The number of allylic oxidation sites excluding steroid dienone is 1. The van der Waals surface area contributed by atoms with E-state index in [1.54, 1.807) is 20.2 Å². The first kappa shape index (κ1) is 13.8. The first-order valence-electron chi connectivity index (χ1n) is 4.70. The van der Waals surface area contributed by atoms with Crippen LogP contribution in [0.3, 0.4) is 0 Å². The number of nitrogens with zero attached hydrogens (tertiary/aromatic N) is 4. The molecule has 0 aliphatic rings. The first-order valence-corrected chi connectivity index (χ1v) is 4.70. The van der Waals surface area contributed by atoms with Crippen molar-refractivity contribution in [3.8, 4) is 6.07 Å². The summed E-state index contributed by atoms with van der Waals surface area (Å²) < 4.78 is 37.6. The molecular formula is C10H9F3N4O. The van der Waals surface area contributed by atoms with Crippen LogP contribution < -0.4 is 5.56 Å². The molecule has 1 rings (SSSR count). The largest absolute Gasteiger partial charge is 0.433 e. The number of aromatic nitrogens is 2. The molecule has 1 aromatic rings. The van der Waals surface area contributed by atoms with Gasteiger partial charge in [-0.05, 0) is 0 Å². The molecule has 1 heterocycles. The van der Waals surface area contributed by atoms with Gasteiger partial charge in [-0.2, -0.15) is 18.4 Å². The summed E-state index contributed by atoms with van der Waals surface area (Å²) >= 11 is 0. The second-order valence-electron chi connectivity index (χ2n) is 3.57. The molecule has 96 valence electrons. The van der Waals surface area contributed by atoms with Crippen molar-refractivity contribution in [2.24, 2.45) is 0 Å². The summed E-state index contributed by atoms with van der Waals surface area (Å²) in [6.07, 6.45) is -2.70. The van der Waals surface area contributed by atoms with Crippen molar-refractivity contribution in [1.82, 2.24) is 14.5 Å². The Balaban J connectivity index is 3.31. The maximum absolute atomic E-state index is 12.3. The van der Waals surface area contributed by atoms with E-state index in [2.05, 4.69) is 4.98 Å². The Morgan fingerprint density at radius 3 is 2.56 bits per heavy atom. The lowest BCUT2D eigenvalue weighted by molar-refractivity contribution is -0.141. The summed E-state index contributed by atoms with van der Waals surface area (Å²) in [6.45, 7) is 0. The molecule has 0 bridgehead atoms. The van der Waals surface area contributed by atoms with Crippen molar-refractivity contribution in [3.63, 3.8) is 0 Å². The van der Waals surface area contributed by atoms with E-state index in [0.29, 0.717) is 12.4 Å². The third-order valence-corrected chi connectivity index (χ3v) is 1.85. The highest BCUT2D eigenvalue weighted by molar-refractivity contribution is 5.59. The highest BCUT2D eigenvalue weighted by Crippen LogP contribution is 2.26. The van der Waals surface area contributed by atoms with Crippen LogP contribution in [-0.4, -0.2) is 28.5 Å². The van der Waals surface area contributed by atoms with Gasteiger partial charge in [0.1, 0.15) is 18.1 Å². The second kappa shape index (κ2) is 4.91. The quantitative estimate of drug-likeness (QED) is 0.746. The van der Waals surface area contributed by atoms with E-state index in [1.165, 1.54) is 11.1 Å². The molecule has 0 aliphatic heterocycles. The van der Waals surface area contributed by atoms with Gasteiger partial charge in [-0.3, -0.25) is 9.36 Å². The minimum absolute atomic E-state index is 0.119. The number of hydrogen-bond acceptors (Lipinski definition) is 4. The Bertz CT molecular complexity index is 566. The molecule has 0 atom stereocenters. The minimum Gasteiger partial charge on any atom is -0.381 e. The second-order valence-corrected chi connectivity index (χ2v) is 3.57. The molecule has 0 radical (unpaired) electrons. The van der Waals surface area contributed by atoms with Crippen molar-refractivity contribution < 1.29 is 13.2 Å². The molecule has 1 aromatic heterocycles. The molecule has 8 heteroatoms. The Kier molecular flexibility index (Phi) is 3.76. The fourth-order valence-electron chi connectivity index (χ4n) is 1.13. The van der Waals surface area contributed by atoms with Crippen LogP contribution in [0.2, 0.25) is 0 Å². The molecular weight excluding hydrogens is 249 g/mol. The standard InChI is InChI=1S/C10H9F3N4O/c1-16(2)5-7(4-14)17-6-15-8(3-9(17)18)10(11,12)13/h3,5-6H,1-2H3/b7-5-. The zero-order valence-corrected chi connectivity index (χ0v) is 9.56. The summed E-state index contributed by atoms with van der Waals surface area (Å²) in [6, 6.07) is 2.06. The number of rotatable bonds is 2. The molecule has 18 heavy (non-hydrogen) atoms. The molecule has 0 saturated heterocycles. The maximum atomic E-state index is 12.3. The van der Waals surface area contributed by atoms with Gasteiger partial charge >= 0.3 is 6.18 Å². The van der Waals surface area contributed by atoms with Crippen LogP contribution in [0.1, 0.15) is 5.69 Å². The van der Waals surface area contributed by atoms with Crippen molar-refractivity contribution in [3.05, 3.63) is 34.6 Å². The molecule has 0 saturated carbocycles. The van der Waals surface area contributed by atoms with Gasteiger partial charge in [-0.15, -0.1) is 0 Å². The smallest absolute Gasteiger partial charge is 0.381 e. The highest BCUT2D eigenvalue weighted by Gasteiger charge is 2.33. The fraction of sp³-hybridized carbons (Fsp3) is 0.300. The summed E-state index contributed by atoms with van der Waals surface area (Å²) in [5.74, 6) is 0. The average molecular weight is 258 g/mol. The van der Waals surface area contributed by atoms with Crippen LogP contribution >= 0.6 is 0 Å². The van der Waals surface area contributed by atoms with E-state index >= 15 is 0 Å². The summed E-state index contributed by atoms with van der Waals surface area (Å²) in [7, 11) is 3.22. The summed E-state index contributed by atoms with van der Waals surface area (Å²) in [5, 5.41) is 8.83. The molecule has 5 nitrogen and oxygen atoms in total. The lowest BCUT2D eigenvalue weighted by Gasteiger charge is -2.09. The lowest BCUT2D eigenvalue weighted by atomic mass is 10.4. The third kappa shape index (κ3) is 3.10. The first-order chi connectivity index (χ1) is 8.25. The molecule has 0 aromatic carbocycles. The molecule has 0 amide bonds. The Morgan fingerprint density at radius 2 is 2.17 bits per heavy atom. The van der Waals surface area contributed by atoms with Crippen molar-refractivity contribution >= 4 is 5.70 Å². The molecule has 0 spiro atoms. The fourth-order valence-corrected chi connectivity index (χ4v) is 1.13. The number of alkyl halides is 3. The Labute approximate surface area is 100 Å². The SMILES string of the molecule is CN(C)/C=C(/C#N)n1cnc(C(F)(F)F)cc1=O. The van der Waals surface area contributed by atoms with Gasteiger partial charge < -0.3 is 4.90 Å². The minimum atomic E-state index is -4.68. The molecule has 0 N–H and O–H groups in total. The van der Waals surface area contributed by atoms with Crippen LogP contribution in [0.5, 0.6) is 0 Å². The van der Waals surface area contributed by atoms with Crippen LogP contribution in [0, 0.1) is 11.3 Å². The van der Waals surface area contributed by atoms with E-state index in [0.717, 1.165) is 4.57 Å². The van der Waals surface area contributed by atoms with E-state index in [-0.39, 0.29) is 5.70 Å². The van der Waals surface area contributed by atoms with Crippen LogP contribution in [0.25, 0.3) is 5.70 Å². The number of hydrogen-bond donors (Lipinski definition) is 0. The number of halogens is 3. The van der Waals surface area contributed by atoms with Crippen molar-refractivity contribution in [1.29, 1.82) is 5.26 Å². The van der Waals surface area contributed by atoms with Gasteiger partial charge in [0, 0.05) is 26.4 Å². The van der Waals surface area contributed by atoms with E-state index < -0.39 is 17.4 Å². The number of nitriles is 1. The van der Waals surface area contributed by atoms with Crippen LogP contribution in [0.4, 0.5) is 13.2 Å². The van der Waals surface area contributed by atoms with Crippen molar-refractivity contribution in [2.75, 3.05) is 14.1 Å². The molecule has 0 aliphatic carbocycles. The lowest BCUT2D eigenvalue weighted by Crippen LogP contribution is -2.23. The van der Waals surface area contributed by atoms with E-state index in [4.69, 9.17) is 5.26 Å². The van der Waals surface area contributed by atoms with Crippen molar-refractivity contribution in [2.45, 2.75) is 6.18 Å². The average Bonchev–Trinajstić information content (AvgIpc) is 2.24. The van der Waals surface area contributed by atoms with Gasteiger partial charge in [0.2, 0.25) is 0 Å². The van der Waals surface area contributed by atoms with Gasteiger partial charge in [-0.25, -0.2) is 4.98 Å². The Morgan fingerprint density at radius 1 is 1.56 bits per heavy atom. The molecule has 0 unspecified atom stereocenters. The predicted octanol–water partition coefficient (Wildman–Crippen LogP) is 1.15. The normalized spacial score (nSPS) is 12.1. The summed E-state index contributed by atoms with van der Waals surface area (Å²) in [4.78, 5) is 16.1. The zero-order valence-electron chi connectivity index (χ0n) is 9.56. The Hall–Kier alpha value is -2.30. The van der Waals surface area contributed by atoms with E-state index in [9.17, 15) is 18.0 Å². The zero-order chi connectivity index (χ0) is 13.9. The van der Waals surface area contributed by atoms with Crippen LogP contribution in [-0.2, 0) is 6.18 Å². The van der Waals surface area contributed by atoms with E-state index in [1.807, 2.05) is 0 Å². The predicted molar refractivity (Wildman–Crippen MR) is 57.1 cm³/mol. The molecule has 0 fully saturated rings. The topological polar surface area (TPSA) is 61.9 Å². The van der Waals surface area contributed by atoms with Gasteiger partial charge in [0.15, 0.2) is 5.69 Å².